The highest BCUT2D eigenvalue weighted by Crippen LogP contribution is 2.40. The fourth-order valence-electron chi connectivity index (χ4n) is 2.87. The molecule has 7 nitrogen and oxygen atoms in total. The quantitative estimate of drug-likeness (QED) is 0.754. The SMILES string of the molecule is CCNC1(C(=O)OC)CCC(Sc2n[nH]c(=O)n2CC)C1. The number of thioether (sulfide) groups is 1. The van der Waals surface area contributed by atoms with E-state index < -0.39 is 5.54 Å². The molecular weight excluding hydrogens is 292 g/mol. The van der Waals surface area contributed by atoms with Crippen molar-refractivity contribution >= 4 is 17.7 Å². The molecule has 0 aromatic carbocycles. The van der Waals surface area contributed by atoms with Gasteiger partial charge in [0.25, 0.3) is 0 Å². The second-order valence-electron chi connectivity index (χ2n) is 5.14. The Hall–Kier alpha value is -1.28. The highest BCUT2D eigenvalue weighted by atomic mass is 32.2. The molecule has 0 saturated heterocycles. The molecule has 2 N–H and O–H groups in total. The number of aromatic amines is 1. The van der Waals surface area contributed by atoms with Crippen molar-refractivity contribution in [1.29, 1.82) is 0 Å². The van der Waals surface area contributed by atoms with E-state index in [1.165, 1.54) is 7.11 Å². The molecule has 1 fully saturated rings. The molecule has 0 bridgehead atoms. The fraction of sp³-hybridized carbons (Fsp3) is 0.769. The van der Waals surface area contributed by atoms with Crippen LogP contribution in [0, 0.1) is 0 Å². The number of methoxy groups -OCH3 is 1. The predicted octanol–water partition coefficient (Wildman–Crippen LogP) is 0.757. The van der Waals surface area contributed by atoms with E-state index in [2.05, 4.69) is 15.5 Å². The van der Waals surface area contributed by atoms with E-state index >= 15 is 0 Å². The topological polar surface area (TPSA) is 89.0 Å². The number of esters is 1. The van der Waals surface area contributed by atoms with Gasteiger partial charge >= 0.3 is 11.7 Å². The monoisotopic (exact) mass is 314 g/mol. The molecule has 21 heavy (non-hydrogen) atoms. The van der Waals surface area contributed by atoms with Gasteiger partial charge in [-0.1, -0.05) is 18.7 Å². The van der Waals surface area contributed by atoms with Crippen LogP contribution in [-0.4, -0.2) is 45.2 Å². The first-order valence-electron chi connectivity index (χ1n) is 7.21. The minimum atomic E-state index is -0.602. The van der Waals surface area contributed by atoms with Crippen LogP contribution in [0.3, 0.4) is 0 Å². The molecule has 1 aliphatic carbocycles. The lowest BCUT2D eigenvalue weighted by Crippen LogP contribution is -2.50. The summed E-state index contributed by atoms with van der Waals surface area (Å²) in [5, 5.41) is 10.7. The summed E-state index contributed by atoms with van der Waals surface area (Å²) in [5.41, 5.74) is -0.793. The molecule has 1 aromatic heterocycles. The number of hydrogen-bond acceptors (Lipinski definition) is 6. The van der Waals surface area contributed by atoms with Crippen LogP contribution in [0.4, 0.5) is 0 Å². The van der Waals surface area contributed by atoms with Crippen LogP contribution in [0.5, 0.6) is 0 Å². The van der Waals surface area contributed by atoms with Crippen LogP contribution in [0.2, 0.25) is 0 Å². The molecule has 1 saturated carbocycles. The highest BCUT2D eigenvalue weighted by molar-refractivity contribution is 7.99. The summed E-state index contributed by atoms with van der Waals surface area (Å²) in [6.45, 7) is 5.19. The van der Waals surface area contributed by atoms with Gasteiger partial charge in [0.05, 0.1) is 7.11 Å². The fourth-order valence-corrected chi connectivity index (χ4v) is 4.21. The molecule has 2 atom stereocenters. The van der Waals surface area contributed by atoms with Gasteiger partial charge in [0.2, 0.25) is 0 Å². The number of carbonyl (C=O) groups is 1. The Kier molecular flexibility index (Phi) is 5.10. The zero-order valence-corrected chi connectivity index (χ0v) is 13.5. The molecule has 2 unspecified atom stereocenters. The van der Waals surface area contributed by atoms with E-state index in [0.717, 1.165) is 12.8 Å². The average Bonchev–Trinajstić information content (AvgIpc) is 3.04. The second kappa shape index (κ2) is 6.65. The molecule has 1 aliphatic rings. The molecule has 1 aromatic rings. The Bertz CT molecular complexity index is 556. The van der Waals surface area contributed by atoms with Crippen molar-refractivity contribution in [1.82, 2.24) is 20.1 Å². The van der Waals surface area contributed by atoms with Crippen molar-refractivity contribution < 1.29 is 9.53 Å². The Morgan fingerprint density at radius 3 is 3.00 bits per heavy atom. The summed E-state index contributed by atoms with van der Waals surface area (Å²) in [7, 11) is 1.42. The number of ether oxygens (including phenoxy) is 1. The normalized spacial score (nSPS) is 25.2. The molecule has 2 rings (SSSR count). The van der Waals surface area contributed by atoms with Gasteiger partial charge in [-0.05, 0) is 32.7 Å². The van der Waals surface area contributed by atoms with Crippen LogP contribution < -0.4 is 11.0 Å². The summed E-state index contributed by atoms with van der Waals surface area (Å²) in [5.74, 6) is -0.206. The van der Waals surface area contributed by atoms with Gasteiger partial charge in [-0.3, -0.25) is 9.36 Å². The van der Waals surface area contributed by atoms with Crippen LogP contribution in [-0.2, 0) is 16.1 Å². The maximum atomic E-state index is 12.1. The van der Waals surface area contributed by atoms with Gasteiger partial charge in [0.15, 0.2) is 5.16 Å². The average molecular weight is 314 g/mol. The maximum Gasteiger partial charge on any atom is 0.343 e. The number of nitrogens with zero attached hydrogens (tertiary/aromatic N) is 2. The lowest BCUT2D eigenvalue weighted by Gasteiger charge is -2.27. The number of H-pyrrole nitrogens is 1. The Balaban J connectivity index is 2.10. The third-order valence-electron chi connectivity index (χ3n) is 3.87. The van der Waals surface area contributed by atoms with Crippen molar-refractivity contribution in [3.05, 3.63) is 10.5 Å². The summed E-state index contributed by atoms with van der Waals surface area (Å²) in [6, 6.07) is 0. The summed E-state index contributed by atoms with van der Waals surface area (Å²) >= 11 is 1.55. The second-order valence-corrected chi connectivity index (χ2v) is 6.41. The lowest BCUT2D eigenvalue weighted by atomic mass is 9.98. The van der Waals surface area contributed by atoms with Crippen molar-refractivity contribution in [2.45, 2.75) is 55.6 Å². The molecular formula is C13H22N4O3S. The van der Waals surface area contributed by atoms with E-state index in [1.54, 1.807) is 16.3 Å². The van der Waals surface area contributed by atoms with E-state index in [-0.39, 0.29) is 16.9 Å². The number of nitrogens with one attached hydrogen (secondary N) is 2. The predicted molar refractivity (Wildman–Crippen MR) is 80.4 cm³/mol. The van der Waals surface area contributed by atoms with E-state index in [1.807, 2.05) is 13.8 Å². The first-order valence-corrected chi connectivity index (χ1v) is 8.09. The third-order valence-corrected chi connectivity index (χ3v) is 5.13. The first kappa shape index (κ1) is 16.1. The van der Waals surface area contributed by atoms with Gasteiger partial charge in [-0.25, -0.2) is 9.89 Å². The molecule has 8 heteroatoms. The Labute approximate surface area is 127 Å². The van der Waals surface area contributed by atoms with E-state index in [9.17, 15) is 9.59 Å². The molecule has 0 aliphatic heterocycles. The van der Waals surface area contributed by atoms with Crippen LogP contribution >= 0.6 is 11.8 Å². The standard InChI is InChI=1S/C13H22N4O3S/c1-4-14-13(10(18)20-3)7-6-9(8-13)21-12-16-15-11(19)17(12)5-2/h9,14H,4-8H2,1-3H3,(H,15,19). The van der Waals surface area contributed by atoms with Gasteiger partial charge in [-0.2, -0.15) is 0 Å². The van der Waals surface area contributed by atoms with Crippen LogP contribution in [0.1, 0.15) is 33.1 Å². The van der Waals surface area contributed by atoms with Gasteiger partial charge in [-0.15, -0.1) is 5.10 Å². The minimum Gasteiger partial charge on any atom is -0.468 e. The van der Waals surface area contributed by atoms with E-state index in [0.29, 0.717) is 24.7 Å². The van der Waals surface area contributed by atoms with Crippen molar-refractivity contribution in [3.8, 4) is 0 Å². The summed E-state index contributed by atoms with van der Waals surface area (Å²) < 4.78 is 6.56. The van der Waals surface area contributed by atoms with Crippen molar-refractivity contribution in [3.63, 3.8) is 0 Å². The van der Waals surface area contributed by atoms with Crippen molar-refractivity contribution in [2.24, 2.45) is 0 Å². The van der Waals surface area contributed by atoms with Gasteiger partial charge in [0.1, 0.15) is 5.54 Å². The summed E-state index contributed by atoms with van der Waals surface area (Å²) in [6.07, 6.45) is 2.31. The number of carbonyl (C=O) groups excluding carboxylic acids is 1. The van der Waals surface area contributed by atoms with E-state index in [4.69, 9.17) is 4.74 Å². The third kappa shape index (κ3) is 3.16. The molecule has 118 valence electrons. The minimum absolute atomic E-state index is 0.191. The van der Waals surface area contributed by atoms with Gasteiger partial charge < -0.3 is 10.1 Å². The number of likely N-dealkylation sites (N-methyl/N-ethyl adjacent to an activating group) is 1. The van der Waals surface area contributed by atoms with Crippen LogP contribution in [0.25, 0.3) is 0 Å². The molecule has 0 amide bonds. The zero-order valence-electron chi connectivity index (χ0n) is 12.6. The Morgan fingerprint density at radius 2 is 2.38 bits per heavy atom. The summed E-state index contributed by atoms with van der Waals surface area (Å²) in [4.78, 5) is 23.7. The number of hydrogen-bond donors (Lipinski definition) is 2. The smallest absolute Gasteiger partial charge is 0.343 e. The first-order chi connectivity index (χ1) is 10.1. The number of rotatable bonds is 6. The largest absolute Gasteiger partial charge is 0.468 e. The lowest BCUT2D eigenvalue weighted by molar-refractivity contribution is -0.148. The maximum absolute atomic E-state index is 12.1. The highest BCUT2D eigenvalue weighted by Gasteiger charge is 2.46. The Morgan fingerprint density at radius 1 is 1.62 bits per heavy atom. The zero-order chi connectivity index (χ0) is 15.5. The van der Waals surface area contributed by atoms with Crippen molar-refractivity contribution in [2.75, 3.05) is 13.7 Å². The molecule has 1 heterocycles. The molecule has 0 radical (unpaired) electrons. The molecule has 0 spiro atoms. The van der Waals surface area contributed by atoms with Crippen LogP contribution in [0.15, 0.2) is 9.95 Å². The van der Waals surface area contributed by atoms with Gasteiger partial charge in [0, 0.05) is 11.8 Å². The number of aromatic nitrogens is 3.